The van der Waals surface area contributed by atoms with Gasteiger partial charge >= 0.3 is 0 Å². The van der Waals surface area contributed by atoms with E-state index in [-0.39, 0.29) is 5.91 Å². The van der Waals surface area contributed by atoms with Crippen molar-refractivity contribution in [1.29, 1.82) is 0 Å². The van der Waals surface area contributed by atoms with Gasteiger partial charge in [0, 0.05) is 17.6 Å². The zero-order chi connectivity index (χ0) is 22.5. The molecule has 1 atom stereocenters. The number of rotatable bonds is 8. The van der Waals surface area contributed by atoms with E-state index in [0.29, 0.717) is 6.42 Å². The number of hydrogen-bond acceptors (Lipinski definition) is 4. The molecule has 2 aromatic heterocycles. The number of fused-ring (bicyclic) bond motifs is 1. The lowest BCUT2D eigenvalue weighted by Gasteiger charge is -2.20. The van der Waals surface area contributed by atoms with E-state index in [9.17, 15) is 4.79 Å². The summed E-state index contributed by atoms with van der Waals surface area (Å²) in [5.74, 6) is 0.732. The molecule has 0 radical (unpaired) electrons. The van der Waals surface area contributed by atoms with Crippen LogP contribution >= 0.6 is 11.8 Å². The van der Waals surface area contributed by atoms with E-state index in [0.717, 1.165) is 39.7 Å². The van der Waals surface area contributed by atoms with Gasteiger partial charge in [0.25, 0.3) is 0 Å². The number of carbonyl (C=O) groups excluding carboxylic acids is 1. The summed E-state index contributed by atoms with van der Waals surface area (Å²) in [6, 6.07) is 19.9. The summed E-state index contributed by atoms with van der Waals surface area (Å²) in [6.07, 6.45) is 3.26. The van der Waals surface area contributed by atoms with Crippen LogP contribution in [0.1, 0.15) is 43.0 Å². The first-order chi connectivity index (χ1) is 15.6. The Morgan fingerprint density at radius 2 is 1.84 bits per heavy atom. The molecule has 0 aliphatic rings. The molecule has 2 heterocycles. The van der Waals surface area contributed by atoms with Crippen molar-refractivity contribution in [3.8, 4) is 0 Å². The summed E-state index contributed by atoms with van der Waals surface area (Å²) >= 11 is 1.64. The van der Waals surface area contributed by atoms with Crippen LogP contribution < -0.4 is 5.32 Å². The van der Waals surface area contributed by atoms with Gasteiger partial charge in [0.15, 0.2) is 10.8 Å². The van der Waals surface area contributed by atoms with Gasteiger partial charge in [-0.1, -0.05) is 73.6 Å². The molecule has 4 rings (SSSR count). The van der Waals surface area contributed by atoms with E-state index in [2.05, 4.69) is 48.4 Å². The van der Waals surface area contributed by atoms with E-state index >= 15 is 0 Å². The SMILES string of the molecule is CCc1ccccc1NC(=O)[C@H](CC)n1c(SCc2ccc(C)cc2)nc2cccnc21. The molecule has 5 nitrogen and oxygen atoms in total. The van der Waals surface area contributed by atoms with E-state index in [1.807, 2.05) is 47.9 Å². The van der Waals surface area contributed by atoms with Crippen molar-refractivity contribution in [1.82, 2.24) is 14.5 Å². The van der Waals surface area contributed by atoms with Gasteiger partial charge in [0.05, 0.1) is 0 Å². The molecule has 164 valence electrons. The number of benzene rings is 2. The van der Waals surface area contributed by atoms with E-state index < -0.39 is 6.04 Å². The number of carbonyl (C=O) groups is 1. The number of aryl methyl sites for hydroxylation is 2. The Hall–Kier alpha value is -3.12. The van der Waals surface area contributed by atoms with E-state index in [4.69, 9.17) is 4.98 Å². The fraction of sp³-hybridized carbons (Fsp3) is 0.269. The minimum atomic E-state index is -0.402. The number of hydrogen-bond donors (Lipinski definition) is 1. The van der Waals surface area contributed by atoms with Crippen LogP contribution in [0.4, 0.5) is 5.69 Å². The Morgan fingerprint density at radius 1 is 1.06 bits per heavy atom. The average molecular weight is 445 g/mol. The smallest absolute Gasteiger partial charge is 0.247 e. The van der Waals surface area contributed by atoms with E-state index in [1.165, 1.54) is 11.1 Å². The second kappa shape index (κ2) is 10.0. The Labute approximate surface area is 193 Å². The molecule has 0 fully saturated rings. The minimum absolute atomic E-state index is 0.0458. The first-order valence-electron chi connectivity index (χ1n) is 11.0. The molecule has 6 heteroatoms. The van der Waals surface area contributed by atoms with Crippen LogP contribution in [0, 0.1) is 6.92 Å². The maximum Gasteiger partial charge on any atom is 0.247 e. The van der Waals surface area contributed by atoms with Crippen molar-refractivity contribution in [2.45, 2.75) is 50.6 Å². The highest BCUT2D eigenvalue weighted by Gasteiger charge is 2.25. The van der Waals surface area contributed by atoms with Crippen LogP contribution in [0.5, 0.6) is 0 Å². The third-order valence-corrected chi connectivity index (χ3v) is 6.59. The van der Waals surface area contributed by atoms with Crippen molar-refractivity contribution in [2.75, 3.05) is 5.32 Å². The highest BCUT2D eigenvalue weighted by molar-refractivity contribution is 7.98. The minimum Gasteiger partial charge on any atom is -0.324 e. The maximum atomic E-state index is 13.4. The zero-order valence-corrected chi connectivity index (χ0v) is 19.5. The molecule has 0 bridgehead atoms. The second-order valence-electron chi connectivity index (χ2n) is 7.81. The predicted molar refractivity (Wildman–Crippen MR) is 132 cm³/mol. The highest BCUT2D eigenvalue weighted by atomic mass is 32.2. The molecule has 32 heavy (non-hydrogen) atoms. The van der Waals surface area contributed by atoms with Crippen LogP contribution in [0.2, 0.25) is 0 Å². The maximum absolute atomic E-state index is 13.4. The number of para-hydroxylation sites is 1. The largest absolute Gasteiger partial charge is 0.324 e. The average Bonchev–Trinajstić information content (AvgIpc) is 3.18. The molecule has 0 aliphatic heterocycles. The Kier molecular flexibility index (Phi) is 6.90. The van der Waals surface area contributed by atoms with Gasteiger partial charge in [-0.3, -0.25) is 9.36 Å². The summed E-state index contributed by atoms with van der Waals surface area (Å²) in [4.78, 5) is 22.8. The number of aromatic nitrogens is 3. The lowest BCUT2D eigenvalue weighted by molar-refractivity contribution is -0.119. The zero-order valence-electron chi connectivity index (χ0n) is 18.7. The third-order valence-electron chi connectivity index (χ3n) is 5.56. The number of anilines is 1. The molecule has 0 unspecified atom stereocenters. The van der Waals surface area contributed by atoms with Gasteiger partial charge in [-0.05, 0) is 49.1 Å². The Morgan fingerprint density at radius 3 is 2.59 bits per heavy atom. The van der Waals surface area contributed by atoms with Crippen molar-refractivity contribution in [3.05, 3.63) is 83.6 Å². The molecule has 2 aromatic carbocycles. The standard InChI is InChI=1S/C26H28N4OS/c1-4-20-9-6-7-10-21(20)28-25(31)23(5-2)30-24-22(11-8-16-27-24)29-26(30)32-17-19-14-12-18(3)13-15-19/h6-16,23H,4-5,17H2,1-3H3,(H,28,31)/t23-/m0/s1. The Balaban J connectivity index is 1.66. The van der Waals surface area contributed by atoms with Crippen molar-refractivity contribution in [3.63, 3.8) is 0 Å². The van der Waals surface area contributed by atoms with E-state index in [1.54, 1.807) is 18.0 Å². The van der Waals surface area contributed by atoms with Crippen LogP contribution in [0.25, 0.3) is 11.2 Å². The number of nitrogens with zero attached hydrogens (tertiary/aromatic N) is 3. The first kappa shape index (κ1) is 22.1. The van der Waals surface area contributed by atoms with Crippen LogP contribution in [-0.2, 0) is 17.0 Å². The van der Waals surface area contributed by atoms with Crippen LogP contribution in [0.3, 0.4) is 0 Å². The van der Waals surface area contributed by atoms with Crippen molar-refractivity contribution >= 4 is 34.5 Å². The quantitative estimate of drug-likeness (QED) is 0.330. The van der Waals surface area contributed by atoms with Crippen LogP contribution in [-0.4, -0.2) is 20.4 Å². The van der Waals surface area contributed by atoms with Crippen molar-refractivity contribution < 1.29 is 4.79 Å². The van der Waals surface area contributed by atoms with Gasteiger partial charge < -0.3 is 5.32 Å². The monoisotopic (exact) mass is 444 g/mol. The number of imidazole rings is 1. The van der Waals surface area contributed by atoms with Gasteiger partial charge in [-0.15, -0.1) is 0 Å². The molecular formula is C26H28N4OS. The topological polar surface area (TPSA) is 59.8 Å². The molecule has 0 saturated heterocycles. The Bertz CT molecular complexity index is 1220. The number of pyridine rings is 1. The fourth-order valence-corrected chi connectivity index (χ4v) is 4.78. The molecule has 4 aromatic rings. The lowest BCUT2D eigenvalue weighted by Crippen LogP contribution is -2.26. The van der Waals surface area contributed by atoms with Crippen molar-refractivity contribution in [2.24, 2.45) is 0 Å². The molecule has 0 spiro atoms. The summed E-state index contributed by atoms with van der Waals surface area (Å²) in [5, 5.41) is 3.96. The van der Waals surface area contributed by atoms with Gasteiger partial charge in [-0.25, -0.2) is 9.97 Å². The predicted octanol–water partition coefficient (Wildman–Crippen LogP) is 6.18. The summed E-state index contributed by atoms with van der Waals surface area (Å²) in [6.45, 7) is 6.21. The molecule has 1 amide bonds. The number of thioether (sulfide) groups is 1. The normalized spacial score (nSPS) is 12.1. The summed E-state index contributed by atoms with van der Waals surface area (Å²) in [7, 11) is 0. The van der Waals surface area contributed by atoms with Gasteiger partial charge in [-0.2, -0.15) is 0 Å². The molecule has 0 aliphatic carbocycles. The second-order valence-corrected chi connectivity index (χ2v) is 8.75. The molecule has 0 saturated carbocycles. The fourth-order valence-electron chi connectivity index (χ4n) is 3.78. The van der Waals surface area contributed by atoms with Gasteiger partial charge in [0.1, 0.15) is 11.6 Å². The molecular weight excluding hydrogens is 416 g/mol. The lowest BCUT2D eigenvalue weighted by atomic mass is 10.1. The summed E-state index contributed by atoms with van der Waals surface area (Å²) < 4.78 is 2.00. The highest BCUT2D eigenvalue weighted by Crippen LogP contribution is 2.31. The number of nitrogens with one attached hydrogen (secondary N) is 1. The first-order valence-corrected chi connectivity index (χ1v) is 12.0. The third kappa shape index (κ3) is 4.70. The van der Waals surface area contributed by atoms with Gasteiger partial charge in [0.2, 0.25) is 5.91 Å². The summed E-state index contributed by atoms with van der Waals surface area (Å²) in [5.41, 5.74) is 6.00. The number of amides is 1. The van der Waals surface area contributed by atoms with Crippen LogP contribution in [0.15, 0.2) is 72.0 Å². The molecule has 1 N–H and O–H groups in total.